The third kappa shape index (κ3) is 7.73. The predicted molar refractivity (Wildman–Crippen MR) is 130 cm³/mol. The lowest BCUT2D eigenvalue weighted by molar-refractivity contribution is -0.123. The van der Waals surface area contributed by atoms with E-state index in [2.05, 4.69) is 17.5 Å². The molecule has 0 radical (unpaired) electrons. The average Bonchev–Trinajstić information content (AvgIpc) is 2.83. The molecule has 0 aliphatic heterocycles. The summed E-state index contributed by atoms with van der Waals surface area (Å²) in [5.74, 6) is 1.12. The number of nitrogens with one attached hydrogen (secondary N) is 1. The second-order valence-electron chi connectivity index (χ2n) is 7.74. The predicted octanol–water partition coefficient (Wildman–Crippen LogP) is 6.11. The molecule has 0 saturated carbocycles. The number of amides is 1. The van der Waals surface area contributed by atoms with Gasteiger partial charge in [0, 0.05) is 5.56 Å². The van der Waals surface area contributed by atoms with Gasteiger partial charge in [0.25, 0.3) is 5.91 Å². The molecule has 3 aromatic rings. The molecule has 0 bridgehead atoms. The fourth-order valence-corrected chi connectivity index (χ4v) is 3.42. The minimum Gasteiger partial charge on any atom is -0.494 e. The normalized spacial score (nSPS) is 11.0. The Labute approximate surface area is 190 Å². The summed E-state index contributed by atoms with van der Waals surface area (Å²) in [7, 11) is 0. The van der Waals surface area contributed by atoms with Crippen LogP contribution in [-0.4, -0.2) is 25.3 Å². The molecule has 0 aromatic heterocycles. The van der Waals surface area contributed by atoms with Gasteiger partial charge < -0.3 is 9.47 Å². The number of fused-ring (bicyclic) bond motifs is 1. The van der Waals surface area contributed by atoms with Crippen LogP contribution < -0.4 is 14.9 Å². The molecule has 0 aliphatic carbocycles. The summed E-state index contributed by atoms with van der Waals surface area (Å²) in [6.45, 7) is 2.85. The van der Waals surface area contributed by atoms with Crippen LogP contribution in [0.1, 0.15) is 51.0 Å². The zero-order chi connectivity index (χ0) is 22.4. The number of hydrogen-bond acceptors (Lipinski definition) is 4. The van der Waals surface area contributed by atoms with Crippen molar-refractivity contribution in [3.63, 3.8) is 0 Å². The van der Waals surface area contributed by atoms with Gasteiger partial charge in [-0.2, -0.15) is 5.10 Å². The van der Waals surface area contributed by atoms with Gasteiger partial charge in [-0.1, -0.05) is 81.5 Å². The number of carbonyl (C=O) groups is 1. The highest BCUT2D eigenvalue weighted by molar-refractivity contribution is 5.99. The Hall–Kier alpha value is -3.34. The molecule has 1 N–H and O–H groups in total. The monoisotopic (exact) mass is 432 g/mol. The van der Waals surface area contributed by atoms with Crippen molar-refractivity contribution in [2.45, 2.75) is 45.4 Å². The van der Waals surface area contributed by atoms with E-state index in [9.17, 15) is 4.79 Å². The van der Waals surface area contributed by atoms with Crippen LogP contribution in [0.25, 0.3) is 10.8 Å². The van der Waals surface area contributed by atoms with Gasteiger partial charge in [0.05, 0.1) is 12.8 Å². The van der Waals surface area contributed by atoms with E-state index in [0.717, 1.165) is 35.1 Å². The molecule has 1 amide bonds. The Balaban J connectivity index is 1.36. The Morgan fingerprint density at radius 2 is 1.53 bits per heavy atom. The van der Waals surface area contributed by atoms with Crippen molar-refractivity contribution in [2.24, 2.45) is 5.10 Å². The standard InChI is InChI=1S/C27H32N2O3/c1-2-3-4-5-6-9-19-31-24-15-17-25(18-16-24)32-21-27(30)29-28-20-23-13-10-12-22-11-7-8-14-26(22)23/h7-8,10-18,20H,2-6,9,19,21H2,1H3,(H,29,30)/b28-20+. The molecule has 32 heavy (non-hydrogen) atoms. The van der Waals surface area contributed by atoms with Gasteiger partial charge in [0.15, 0.2) is 6.61 Å². The van der Waals surface area contributed by atoms with Crippen LogP contribution in [0.5, 0.6) is 11.5 Å². The lowest BCUT2D eigenvalue weighted by Crippen LogP contribution is -2.24. The highest BCUT2D eigenvalue weighted by atomic mass is 16.5. The summed E-state index contributed by atoms with van der Waals surface area (Å²) in [5, 5.41) is 6.27. The highest BCUT2D eigenvalue weighted by Gasteiger charge is 2.03. The van der Waals surface area contributed by atoms with Gasteiger partial charge in [0.2, 0.25) is 0 Å². The summed E-state index contributed by atoms with van der Waals surface area (Å²) in [6, 6.07) is 21.4. The van der Waals surface area contributed by atoms with Crippen LogP contribution in [0.15, 0.2) is 71.8 Å². The van der Waals surface area contributed by atoms with Crippen molar-refractivity contribution < 1.29 is 14.3 Å². The molecule has 0 heterocycles. The first-order chi connectivity index (χ1) is 15.8. The Bertz CT molecular complexity index is 994. The van der Waals surface area contributed by atoms with E-state index < -0.39 is 0 Å². The number of ether oxygens (including phenoxy) is 2. The van der Waals surface area contributed by atoms with Crippen molar-refractivity contribution in [1.82, 2.24) is 5.43 Å². The topological polar surface area (TPSA) is 59.9 Å². The molecule has 168 valence electrons. The molecule has 0 unspecified atom stereocenters. The third-order valence-electron chi connectivity index (χ3n) is 5.18. The Kier molecular flexibility index (Phi) is 9.59. The second kappa shape index (κ2) is 13.2. The summed E-state index contributed by atoms with van der Waals surface area (Å²) < 4.78 is 11.3. The van der Waals surface area contributed by atoms with Crippen molar-refractivity contribution in [1.29, 1.82) is 0 Å². The molecule has 5 heteroatoms. The number of nitrogens with zero attached hydrogens (tertiary/aromatic N) is 1. The number of rotatable bonds is 13. The van der Waals surface area contributed by atoms with Crippen LogP contribution in [0.3, 0.4) is 0 Å². The van der Waals surface area contributed by atoms with Crippen LogP contribution >= 0.6 is 0 Å². The molecule has 0 saturated heterocycles. The molecule has 0 aliphatic rings. The first kappa shape index (κ1) is 23.3. The molecule has 5 nitrogen and oxygen atoms in total. The van der Waals surface area contributed by atoms with E-state index in [4.69, 9.17) is 9.47 Å². The van der Waals surface area contributed by atoms with Gasteiger partial charge >= 0.3 is 0 Å². The zero-order valence-corrected chi connectivity index (χ0v) is 18.8. The number of hydrazone groups is 1. The summed E-state index contributed by atoms with van der Waals surface area (Å²) in [5.41, 5.74) is 3.46. The molecular formula is C27H32N2O3. The molecule has 0 fully saturated rings. The Morgan fingerprint density at radius 1 is 0.844 bits per heavy atom. The minimum absolute atomic E-state index is 0.106. The maximum Gasteiger partial charge on any atom is 0.277 e. The zero-order valence-electron chi connectivity index (χ0n) is 18.8. The summed E-state index contributed by atoms with van der Waals surface area (Å²) in [4.78, 5) is 12.0. The first-order valence-corrected chi connectivity index (χ1v) is 11.4. The van der Waals surface area contributed by atoms with Crippen molar-refractivity contribution >= 4 is 22.9 Å². The van der Waals surface area contributed by atoms with E-state index in [1.165, 1.54) is 32.1 Å². The number of hydrogen-bond donors (Lipinski definition) is 1. The SMILES string of the molecule is CCCCCCCCOc1ccc(OCC(=O)N/N=C/c2cccc3ccccc23)cc1. The summed E-state index contributed by atoms with van der Waals surface area (Å²) in [6.07, 6.45) is 9.10. The maximum atomic E-state index is 12.0. The van der Waals surface area contributed by atoms with Crippen LogP contribution in [0.4, 0.5) is 0 Å². The van der Waals surface area contributed by atoms with Gasteiger partial charge in [-0.05, 0) is 41.5 Å². The van der Waals surface area contributed by atoms with E-state index in [0.29, 0.717) is 5.75 Å². The van der Waals surface area contributed by atoms with Crippen molar-refractivity contribution in [3.05, 3.63) is 72.3 Å². The van der Waals surface area contributed by atoms with Gasteiger partial charge in [-0.15, -0.1) is 0 Å². The van der Waals surface area contributed by atoms with E-state index in [1.807, 2.05) is 66.7 Å². The van der Waals surface area contributed by atoms with Crippen molar-refractivity contribution in [3.8, 4) is 11.5 Å². The molecule has 3 aromatic carbocycles. The van der Waals surface area contributed by atoms with Gasteiger partial charge in [0.1, 0.15) is 11.5 Å². The van der Waals surface area contributed by atoms with E-state index in [1.54, 1.807) is 6.21 Å². The maximum absolute atomic E-state index is 12.0. The molecule has 0 atom stereocenters. The van der Waals surface area contributed by atoms with E-state index in [-0.39, 0.29) is 12.5 Å². The summed E-state index contributed by atoms with van der Waals surface area (Å²) >= 11 is 0. The number of carbonyl (C=O) groups excluding carboxylic acids is 1. The minimum atomic E-state index is -0.315. The van der Waals surface area contributed by atoms with Crippen LogP contribution in [0.2, 0.25) is 0 Å². The van der Waals surface area contributed by atoms with Gasteiger partial charge in [-0.3, -0.25) is 4.79 Å². The van der Waals surface area contributed by atoms with Crippen LogP contribution in [-0.2, 0) is 4.79 Å². The average molecular weight is 433 g/mol. The fourth-order valence-electron chi connectivity index (χ4n) is 3.42. The highest BCUT2D eigenvalue weighted by Crippen LogP contribution is 2.18. The largest absolute Gasteiger partial charge is 0.494 e. The quantitative estimate of drug-likeness (QED) is 0.201. The van der Waals surface area contributed by atoms with Gasteiger partial charge in [-0.25, -0.2) is 5.43 Å². The lowest BCUT2D eigenvalue weighted by atomic mass is 10.1. The number of unbranched alkanes of at least 4 members (excludes halogenated alkanes) is 5. The third-order valence-corrected chi connectivity index (χ3v) is 5.18. The molecule has 0 spiro atoms. The smallest absolute Gasteiger partial charge is 0.277 e. The lowest BCUT2D eigenvalue weighted by Gasteiger charge is -2.08. The Morgan fingerprint density at radius 3 is 2.34 bits per heavy atom. The molecule has 3 rings (SSSR count). The second-order valence-corrected chi connectivity index (χ2v) is 7.74. The fraction of sp³-hybridized carbons (Fsp3) is 0.333. The molecular weight excluding hydrogens is 400 g/mol. The number of benzene rings is 3. The van der Waals surface area contributed by atoms with E-state index >= 15 is 0 Å². The van der Waals surface area contributed by atoms with Crippen molar-refractivity contribution in [2.75, 3.05) is 13.2 Å². The van der Waals surface area contributed by atoms with Crippen LogP contribution in [0, 0.1) is 0 Å². The first-order valence-electron chi connectivity index (χ1n) is 11.4.